The fraction of sp³-hybridized carbons (Fsp3) is 0.0851. The minimum Gasteiger partial charge on any atom is -0.310 e. The Kier molecular flexibility index (Phi) is 7.59. The van der Waals surface area contributed by atoms with E-state index in [1.165, 1.54) is 49.8 Å². The van der Waals surface area contributed by atoms with Gasteiger partial charge in [-0.05, 0) is 88.5 Å². The van der Waals surface area contributed by atoms with Crippen molar-refractivity contribution in [1.82, 2.24) is 0 Å². The van der Waals surface area contributed by atoms with Crippen LogP contribution in [0.3, 0.4) is 0 Å². The first-order valence-electron chi connectivity index (χ1n) is 17.6. The number of benzene rings is 7. The van der Waals surface area contributed by atoms with Gasteiger partial charge in [0, 0.05) is 40.1 Å². The first-order valence-corrected chi connectivity index (χ1v) is 17.6. The van der Waals surface area contributed by atoms with Crippen LogP contribution in [-0.4, -0.2) is 5.84 Å². The first kappa shape index (κ1) is 29.9. The van der Waals surface area contributed by atoms with E-state index < -0.39 is 0 Å². The minimum atomic E-state index is 0.334. The van der Waals surface area contributed by atoms with Crippen molar-refractivity contribution in [2.45, 2.75) is 19.8 Å². The second-order valence-electron chi connectivity index (χ2n) is 13.1. The summed E-state index contributed by atoms with van der Waals surface area (Å²) in [5.74, 6) is 1.45. The van der Waals surface area contributed by atoms with E-state index in [2.05, 4.69) is 187 Å². The highest BCUT2D eigenvalue weighted by Crippen LogP contribution is 2.51. The molecule has 1 atom stereocenters. The molecule has 9 rings (SSSR count). The Balaban J connectivity index is 1.25. The maximum Gasteiger partial charge on any atom is 0.117 e. The Labute approximate surface area is 294 Å². The molecular weight excluding hydrogens is 607 g/mol. The van der Waals surface area contributed by atoms with Crippen LogP contribution in [0, 0.1) is 5.92 Å². The van der Waals surface area contributed by atoms with Gasteiger partial charge in [-0.2, -0.15) is 0 Å². The number of fused-ring (bicyclic) bond motifs is 2. The molecule has 0 saturated heterocycles. The van der Waals surface area contributed by atoms with Gasteiger partial charge in [0.1, 0.15) is 5.84 Å². The van der Waals surface area contributed by atoms with Crippen molar-refractivity contribution in [3.63, 3.8) is 0 Å². The molecule has 2 aliphatic rings. The van der Waals surface area contributed by atoms with Crippen molar-refractivity contribution < 1.29 is 0 Å². The summed E-state index contributed by atoms with van der Waals surface area (Å²) in [6, 6.07) is 59.4. The summed E-state index contributed by atoms with van der Waals surface area (Å²) in [6.45, 7) is 2.27. The van der Waals surface area contributed by atoms with Gasteiger partial charge < -0.3 is 4.90 Å². The summed E-state index contributed by atoms with van der Waals surface area (Å²) >= 11 is 0. The quantitative estimate of drug-likeness (QED) is 0.180. The third-order valence-corrected chi connectivity index (χ3v) is 10.2. The molecule has 50 heavy (non-hydrogen) atoms. The predicted octanol–water partition coefficient (Wildman–Crippen LogP) is 13.1. The lowest BCUT2D eigenvalue weighted by atomic mass is 9.88. The van der Waals surface area contributed by atoms with E-state index in [0.717, 1.165) is 41.4 Å². The highest BCUT2D eigenvalue weighted by atomic mass is 15.2. The van der Waals surface area contributed by atoms with Crippen LogP contribution >= 0.6 is 0 Å². The Morgan fingerprint density at radius 1 is 0.560 bits per heavy atom. The van der Waals surface area contributed by atoms with Crippen LogP contribution in [-0.2, 0) is 0 Å². The number of nitrogens with zero attached hydrogens (tertiary/aromatic N) is 3. The molecule has 3 heteroatoms. The fourth-order valence-corrected chi connectivity index (χ4v) is 7.67. The third kappa shape index (κ3) is 5.19. The first-order chi connectivity index (χ1) is 24.8. The normalized spacial score (nSPS) is 14.7. The van der Waals surface area contributed by atoms with E-state index in [4.69, 9.17) is 4.99 Å². The summed E-state index contributed by atoms with van der Waals surface area (Å²) in [7, 11) is 0. The van der Waals surface area contributed by atoms with Crippen molar-refractivity contribution in [3.8, 4) is 33.4 Å². The van der Waals surface area contributed by atoms with Gasteiger partial charge in [-0.25, -0.2) is 4.99 Å². The standard InChI is InChI=1S/C47H37N3/c1-2-33-20-12-30-48-47(33)50-44-23-11-18-37-17-10-22-43(46(37)44)42-29-28-41(32-45(42)50)49(39-26-24-36(25-27-39)34-13-5-3-6-14-34)40-21-9-19-38(31-40)35-15-7-4-8-16-35/h3-19,21-33H,2,20H2,1H3. The van der Waals surface area contributed by atoms with Crippen molar-refractivity contribution in [2.24, 2.45) is 10.9 Å². The largest absolute Gasteiger partial charge is 0.310 e. The van der Waals surface area contributed by atoms with E-state index >= 15 is 0 Å². The molecule has 0 fully saturated rings. The fourth-order valence-electron chi connectivity index (χ4n) is 7.67. The second-order valence-corrected chi connectivity index (χ2v) is 13.1. The van der Waals surface area contributed by atoms with Crippen molar-refractivity contribution in [3.05, 3.63) is 176 Å². The zero-order valence-corrected chi connectivity index (χ0v) is 28.1. The molecule has 2 aliphatic heterocycles. The molecular formula is C47H37N3. The number of allylic oxidation sites excluding steroid dienone is 1. The van der Waals surface area contributed by atoms with Crippen LogP contribution in [0.15, 0.2) is 181 Å². The van der Waals surface area contributed by atoms with Gasteiger partial charge in [-0.1, -0.05) is 134 Å². The molecule has 0 aromatic heterocycles. The van der Waals surface area contributed by atoms with E-state index in [0.29, 0.717) is 5.92 Å². The summed E-state index contributed by atoms with van der Waals surface area (Å²) in [5.41, 5.74) is 12.9. The van der Waals surface area contributed by atoms with Crippen LogP contribution in [0.5, 0.6) is 0 Å². The number of anilines is 5. The monoisotopic (exact) mass is 643 g/mol. The number of hydrogen-bond donors (Lipinski definition) is 0. The van der Waals surface area contributed by atoms with Crippen LogP contribution in [0.25, 0.3) is 44.2 Å². The summed E-state index contributed by atoms with van der Waals surface area (Å²) in [4.78, 5) is 9.92. The Morgan fingerprint density at radius 3 is 1.96 bits per heavy atom. The molecule has 0 aliphatic carbocycles. The molecule has 2 heterocycles. The van der Waals surface area contributed by atoms with Gasteiger partial charge in [0.25, 0.3) is 0 Å². The van der Waals surface area contributed by atoms with Crippen LogP contribution in [0.4, 0.5) is 28.4 Å². The van der Waals surface area contributed by atoms with Gasteiger partial charge in [0.05, 0.1) is 11.4 Å². The lowest BCUT2D eigenvalue weighted by molar-refractivity contribution is 0.660. The van der Waals surface area contributed by atoms with E-state index in [9.17, 15) is 0 Å². The van der Waals surface area contributed by atoms with Crippen molar-refractivity contribution in [2.75, 3.05) is 9.80 Å². The van der Waals surface area contributed by atoms with Gasteiger partial charge >= 0.3 is 0 Å². The topological polar surface area (TPSA) is 18.8 Å². The molecule has 3 nitrogen and oxygen atoms in total. The highest BCUT2D eigenvalue weighted by Gasteiger charge is 2.32. The average molecular weight is 644 g/mol. The Hall–Kier alpha value is -6.19. The smallest absolute Gasteiger partial charge is 0.117 e. The van der Waals surface area contributed by atoms with Crippen molar-refractivity contribution >= 4 is 45.0 Å². The molecule has 1 unspecified atom stereocenters. The van der Waals surface area contributed by atoms with E-state index in [1.54, 1.807) is 0 Å². The zero-order chi connectivity index (χ0) is 33.4. The molecule has 0 saturated carbocycles. The Bertz CT molecular complexity index is 2390. The molecule has 0 radical (unpaired) electrons. The molecule has 0 N–H and O–H groups in total. The maximum atomic E-state index is 5.09. The lowest BCUT2D eigenvalue weighted by Gasteiger charge is -2.38. The summed E-state index contributed by atoms with van der Waals surface area (Å²) < 4.78 is 0. The highest BCUT2D eigenvalue weighted by molar-refractivity contribution is 6.21. The third-order valence-electron chi connectivity index (χ3n) is 10.2. The van der Waals surface area contributed by atoms with Gasteiger partial charge in [-0.15, -0.1) is 0 Å². The molecule has 0 bridgehead atoms. The molecule has 7 aromatic rings. The predicted molar refractivity (Wildman–Crippen MR) is 212 cm³/mol. The number of amidine groups is 1. The van der Waals surface area contributed by atoms with Gasteiger partial charge in [0.15, 0.2) is 0 Å². The average Bonchev–Trinajstić information content (AvgIpc) is 3.19. The zero-order valence-electron chi connectivity index (χ0n) is 28.1. The minimum absolute atomic E-state index is 0.334. The lowest BCUT2D eigenvalue weighted by Crippen LogP contribution is -2.35. The molecule has 0 spiro atoms. The SMILES string of the molecule is CCC1CC=CN=C1N1c2cc(N(c3ccc(-c4ccccc4)cc3)c3cccc(-c4ccccc4)c3)ccc2-c2cccc3cccc1c23. The van der Waals surface area contributed by atoms with Gasteiger partial charge in [-0.3, -0.25) is 4.90 Å². The Morgan fingerprint density at radius 2 is 1.20 bits per heavy atom. The molecule has 240 valence electrons. The summed E-state index contributed by atoms with van der Waals surface area (Å²) in [5, 5.41) is 2.53. The van der Waals surface area contributed by atoms with Crippen LogP contribution in [0.1, 0.15) is 19.8 Å². The molecule has 7 aromatic carbocycles. The van der Waals surface area contributed by atoms with E-state index in [-0.39, 0.29) is 0 Å². The number of rotatable bonds is 6. The van der Waals surface area contributed by atoms with Crippen LogP contribution in [0.2, 0.25) is 0 Å². The van der Waals surface area contributed by atoms with Crippen LogP contribution < -0.4 is 9.80 Å². The number of aliphatic imine (C=N–C) groups is 1. The van der Waals surface area contributed by atoms with Gasteiger partial charge in [0.2, 0.25) is 0 Å². The van der Waals surface area contributed by atoms with E-state index in [1.807, 2.05) is 6.20 Å². The molecule has 0 amide bonds. The second kappa shape index (κ2) is 12.7. The van der Waals surface area contributed by atoms with Crippen molar-refractivity contribution in [1.29, 1.82) is 0 Å². The maximum absolute atomic E-state index is 5.09. The summed E-state index contributed by atoms with van der Waals surface area (Å²) in [6.07, 6.45) is 6.21. The number of hydrogen-bond acceptors (Lipinski definition) is 3.